The molecule has 2 amide bonds. The number of amides is 2. The van der Waals surface area contributed by atoms with Crippen LogP contribution in [-0.4, -0.2) is 22.7 Å². The van der Waals surface area contributed by atoms with Crippen LogP contribution in [0.1, 0.15) is 36.7 Å². The van der Waals surface area contributed by atoms with Crippen molar-refractivity contribution in [2.75, 3.05) is 11.4 Å². The predicted molar refractivity (Wildman–Crippen MR) is 125 cm³/mol. The lowest BCUT2D eigenvalue weighted by Gasteiger charge is -2.19. The smallest absolute Gasteiger partial charge is 0.270 e. The van der Waals surface area contributed by atoms with Crippen molar-refractivity contribution in [1.29, 1.82) is 0 Å². The van der Waals surface area contributed by atoms with Gasteiger partial charge >= 0.3 is 0 Å². The Morgan fingerprint density at radius 1 is 1.21 bits per heavy atom. The molecule has 2 aromatic rings. The minimum absolute atomic E-state index is 0.0174. The number of halogens is 1. The van der Waals surface area contributed by atoms with E-state index in [9.17, 15) is 9.59 Å². The SMILES string of the molecule is CC(C)(C)CNC(=O)c1cccc(N2C(=O)/C(=C/c3cccc(Cl)c3)SC2=S)c1. The van der Waals surface area contributed by atoms with Crippen molar-refractivity contribution < 1.29 is 9.59 Å². The molecule has 4 nitrogen and oxygen atoms in total. The van der Waals surface area contributed by atoms with Gasteiger partial charge in [-0.1, -0.05) is 74.6 Å². The summed E-state index contributed by atoms with van der Waals surface area (Å²) in [5.41, 5.74) is 1.87. The molecule has 0 bridgehead atoms. The van der Waals surface area contributed by atoms with Crippen molar-refractivity contribution in [2.45, 2.75) is 20.8 Å². The number of nitrogens with one attached hydrogen (secondary N) is 1. The van der Waals surface area contributed by atoms with Gasteiger partial charge in [0.05, 0.1) is 10.6 Å². The summed E-state index contributed by atoms with van der Waals surface area (Å²) in [4.78, 5) is 27.4. The molecule has 1 aliphatic heterocycles. The van der Waals surface area contributed by atoms with E-state index in [1.54, 1.807) is 42.5 Å². The Balaban J connectivity index is 1.83. The quantitative estimate of drug-likeness (QED) is 0.498. The summed E-state index contributed by atoms with van der Waals surface area (Å²) >= 11 is 12.7. The summed E-state index contributed by atoms with van der Waals surface area (Å²) in [6, 6.07) is 14.2. The number of thiocarbonyl (C=S) groups is 1. The number of benzene rings is 2. The molecule has 1 N–H and O–H groups in total. The molecule has 29 heavy (non-hydrogen) atoms. The minimum atomic E-state index is -0.216. The van der Waals surface area contributed by atoms with Crippen LogP contribution in [0.2, 0.25) is 5.02 Å². The Bertz CT molecular complexity index is 1010. The first-order valence-corrected chi connectivity index (χ1v) is 10.7. The molecular formula is C22H21ClN2O2S2. The number of thioether (sulfide) groups is 1. The zero-order valence-electron chi connectivity index (χ0n) is 16.4. The van der Waals surface area contributed by atoms with Crippen molar-refractivity contribution in [3.63, 3.8) is 0 Å². The maximum atomic E-state index is 13.0. The molecule has 1 fully saturated rings. The van der Waals surface area contributed by atoms with Gasteiger partial charge in [0.1, 0.15) is 0 Å². The summed E-state index contributed by atoms with van der Waals surface area (Å²) in [5.74, 6) is -0.395. The van der Waals surface area contributed by atoms with Gasteiger partial charge in [0.2, 0.25) is 0 Å². The van der Waals surface area contributed by atoms with Gasteiger partial charge in [0, 0.05) is 17.1 Å². The summed E-state index contributed by atoms with van der Waals surface area (Å²) in [7, 11) is 0. The van der Waals surface area contributed by atoms with Crippen LogP contribution in [0.15, 0.2) is 53.4 Å². The second kappa shape index (κ2) is 8.69. The molecule has 0 spiro atoms. The Morgan fingerprint density at radius 3 is 2.62 bits per heavy atom. The zero-order valence-corrected chi connectivity index (χ0v) is 18.8. The van der Waals surface area contributed by atoms with Crippen molar-refractivity contribution in [1.82, 2.24) is 5.32 Å². The fourth-order valence-corrected chi connectivity index (χ4v) is 4.17. The molecule has 0 aromatic heterocycles. The van der Waals surface area contributed by atoms with Gasteiger partial charge in [-0.15, -0.1) is 0 Å². The summed E-state index contributed by atoms with van der Waals surface area (Å²) in [5, 5.41) is 3.52. The van der Waals surface area contributed by atoms with Crippen molar-refractivity contribution in [2.24, 2.45) is 5.41 Å². The van der Waals surface area contributed by atoms with Crippen molar-refractivity contribution in [3.05, 3.63) is 69.6 Å². The van der Waals surface area contributed by atoms with Crippen LogP contribution < -0.4 is 10.2 Å². The Labute approximate surface area is 185 Å². The maximum Gasteiger partial charge on any atom is 0.270 e. The molecule has 0 atom stereocenters. The second-order valence-electron chi connectivity index (χ2n) is 7.87. The summed E-state index contributed by atoms with van der Waals surface area (Å²) in [6.07, 6.45) is 1.77. The number of carbonyl (C=O) groups is 2. The number of carbonyl (C=O) groups excluding carboxylic acids is 2. The molecule has 1 heterocycles. The first-order valence-electron chi connectivity index (χ1n) is 9.06. The highest BCUT2D eigenvalue weighted by Crippen LogP contribution is 2.36. The maximum absolute atomic E-state index is 13.0. The van der Waals surface area contributed by atoms with E-state index in [1.807, 2.05) is 12.1 Å². The first kappa shape index (κ1) is 21.6. The largest absolute Gasteiger partial charge is 0.352 e. The van der Waals surface area contributed by atoms with Gasteiger partial charge in [-0.3, -0.25) is 14.5 Å². The molecule has 0 saturated carbocycles. The van der Waals surface area contributed by atoms with Crippen LogP contribution >= 0.6 is 35.6 Å². The third-order valence-corrected chi connectivity index (χ3v) is 5.62. The molecule has 0 unspecified atom stereocenters. The standard InChI is InChI=1S/C22H21ClN2O2S2/c1-22(2,3)13-24-19(26)15-7-5-9-17(12-15)25-20(27)18(29-21(25)28)11-14-6-4-8-16(23)10-14/h4-12H,13H2,1-3H3,(H,24,26)/b18-11-. The average Bonchev–Trinajstić information content (AvgIpc) is 2.92. The van der Waals surface area contributed by atoms with Gasteiger partial charge in [0.25, 0.3) is 11.8 Å². The lowest BCUT2D eigenvalue weighted by Crippen LogP contribution is -2.32. The molecule has 7 heteroatoms. The summed E-state index contributed by atoms with van der Waals surface area (Å²) in [6.45, 7) is 6.71. The van der Waals surface area contributed by atoms with Crippen LogP contribution in [0, 0.1) is 5.41 Å². The molecule has 1 aliphatic rings. The number of anilines is 1. The summed E-state index contributed by atoms with van der Waals surface area (Å²) < 4.78 is 0.426. The van der Waals surface area contributed by atoms with Crippen LogP contribution in [0.5, 0.6) is 0 Å². The van der Waals surface area contributed by atoms with E-state index >= 15 is 0 Å². The van der Waals surface area contributed by atoms with E-state index in [2.05, 4.69) is 26.1 Å². The number of hydrogen-bond acceptors (Lipinski definition) is 4. The average molecular weight is 445 g/mol. The molecule has 3 rings (SSSR count). The van der Waals surface area contributed by atoms with E-state index in [-0.39, 0.29) is 17.2 Å². The monoisotopic (exact) mass is 444 g/mol. The Kier molecular flexibility index (Phi) is 6.46. The van der Waals surface area contributed by atoms with Crippen LogP contribution in [0.4, 0.5) is 5.69 Å². The topological polar surface area (TPSA) is 49.4 Å². The van der Waals surface area contributed by atoms with Gasteiger partial charge in [-0.25, -0.2) is 0 Å². The molecule has 2 aromatic carbocycles. The van der Waals surface area contributed by atoms with E-state index in [1.165, 1.54) is 16.7 Å². The highest BCUT2D eigenvalue weighted by atomic mass is 35.5. The van der Waals surface area contributed by atoms with E-state index < -0.39 is 0 Å². The predicted octanol–water partition coefficient (Wildman–Crippen LogP) is 5.52. The van der Waals surface area contributed by atoms with Crippen LogP contribution in [-0.2, 0) is 4.79 Å². The Morgan fingerprint density at radius 2 is 1.93 bits per heavy atom. The van der Waals surface area contributed by atoms with Crippen molar-refractivity contribution >= 4 is 63.5 Å². The number of nitrogens with zero attached hydrogens (tertiary/aromatic N) is 1. The van der Waals surface area contributed by atoms with Crippen LogP contribution in [0.3, 0.4) is 0 Å². The van der Waals surface area contributed by atoms with Gasteiger partial charge in [0.15, 0.2) is 4.32 Å². The lowest BCUT2D eigenvalue weighted by molar-refractivity contribution is -0.113. The molecule has 0 aliphatic carbocycles. The first-order chi connectivity index (χ1) is 13.6. The second-order valence-corrected chi connectivity index (χ2v) is 9.98. The lowest BCUT2D eigenvalue weighted by atomic mass is 9.97. The highest BCUT2D eigenvalue weighted by Gasteiger charge is 2.33. The number of hydrogen-bond donors (Lipinski definition) is 1. The molecule has 0 radical (unpaired) electrons. The zero-order chi connectivity index (χ0) is 21.2. The van der Waals surface area contributed by atoms with E-state index in [0.717, 1.165) is 5.56 Å². The highest BCUT2D eigenvalue weighted by molar-refractivity contribution is 8.27. The van der Waals surface area contributed by atoms with E-state index in [4.69, 9.17) is 23.8 Å². The van der Waals surface area contributed by atoms with Crippen molar-refractivity contribution in [3.8, 4) is 0 Å². The van der Waals surface area contributed by atoms with E-state index in [0.29, 0.717) is 32.0 Å². The van der Waals surface area contributed by atoms with Crippen LogP contribution in [0.25, 0.3) is 6.08 Å². The fraction of sp³-hybridized carbons (Fsp3) is 0.227. The molecule has 150 valence electrons. The number of rotatable bonds is 4. The van der Waals surface area contributed by atoms with Gasteiger partial charge in [-0.2, -0.15) is 0 Å². The van der Waals surface area contributed by atoms with Gasteiger partial charge in [-0.05, 0) is 47.4 Å². The third kappa shape index (κ3) is 5.47. The minimum Gasteiger partial charge on any atom is -0.352 e. The fourth-order valence-electron chi connectivity index (χ4n) is 2.67. The van der Waals surface area contributed by atoms with Gasteiger partial charge < -0.3 is 5.32 Å². The molecular weight excluding hydrogens is 424 g/mol. The normalized spacial score (nSPS) is 15.9. The Hall–Kier alpha value is -2.15. The molecule has 1 saturated heterocycles. The third-order valence-electron chi connectivity index (χ3n) is 4.09.